The number of hydrogen-bond donors (Lipinski definition) is 0. The molecule has 4 heterocycles. The molecule has 7 heteroatoms. The van der Waals surface area contributed by atoms with E-state index in [0.29, 0.717) is 5.82 Å². The lowest BCUT2D eigenvalue weighted by Crippen LogP contribution is -2.36. The maximum absolute atomic E-state index is 12.7. The van der Waals surface area contributed by atoms with E-state index in [1.54, 1.807) is 22.2 Å². The quantitative estimate of drug-likeness (QED) is 0.683. The van der Waals surface area contributed by atoms with E-state index in [9.17, 15) is 4.79 Å². The molecule has 1 saturated heterocycles. The number of likely N-dealkylation sites (tertiary alicyclic amines) is 1. The molecule has 3 aromatic rings. The lowest BCUT2D eigenvalue weighted by Gasteiger charge is -2.25. The van der Waals surface area contributed by atoms with Crippen molar-refractivity contribution in [2.75, 3.05) is 13.1 Å². The molecule has 1 fully saturated rings. The highest BCUT2D eigenvalue weighted by Crippen LogP contribution is 2.36. The zero-order valence-electron chi connectivity index (χ0n) is 13.5. The van der Waals surface area contributed by atoms with Crippen molar-refractivity contribution in [3.05, 3.63) is 22.6 Å². The number of fused-ring (bicyclic) bond motifs is 5. The van der Waals surface area contributed by atoms with Crippen LogP contribution in [0.15, 0.2) is 6.33 Å². The second-order valence-electron chi connectivity index (χ2n) is 6.69. The normalized spacial score (nSPS) is 18.2. The van der Waals surface area contributed by atoms with Gasteiger partial charge < -0.3 is 4.90 Å². The van der Waals surface area contributed by atoms with Crippen molar-refractivity contribution in [2.24, 2.45) is 0 Å². The molecule has 2 aliphatic rings. The summed E-state index contributed by atoms with van der Waals surface area (Å²) in [6.07, 6.45) is 9.73. The Morgan fingerprint density at radius 2 is 1.92 bits per heavy atom. The number of carbonyl (C=O) groups is 1. The smallest absolute Gasteiger partial charge is 0.293 e. The van der Waals surface area contributed by atoms with Crippen molar-refractivity contribution in [1.82, 2.24) is 24.5 Å². The molecule has 0 bridgehead atoms. The third-order valence-corrected chi connectivity index (χ3v) is 6.33. The predicted octanol–water partition coefficient (Wildman–Crippen LogP) is 2.84. The number of piperidine rings is 1. The van der Waals surface area contributed by atoms with E-state index in [2.05, 4.69) is 15.1 Å². The van der Waals surface area contributed by atoms with Crippen LogP contribution in [0.2, 0.25) is 0 Å². The summed E-state index contributed by atoms with van der Waals surface area (Å²) in [5.74, 6) is 0.262. The molecular weight excluding hydrogens is 322 g/mol. The molecule has 24 heavy (non-hydrogen) atoms. The number of carbonyl (C=O) groups excluding carboxylic acids is 1. The zero-order chi connectivity index (χ0) is 16.1. The summed E-state index contributed by atoms with van der Waals surface area (Å²) in [5, 5.41) is 5.54. The van der Waals surface area contributed by atoms with Gasteiger partial charge in [0.05, 0.1) is 5.39 Å². The Bertz CT molecular complexity index is 937. The van der Waals surface area contributed by atoms with Crippen molar-refractivity contribution in [2.45, 2.75) is 44.9 Å². The molecule has 3 aromatic heterocycles. The number of hydrogen-bond acceptors (Lipinski definition) is 5. The molecule has 0 radical (unpaired) electrons. The van der Waals surface area contributed by atoms with Gasteiger partial charge in [-0.05, 0) is 50.5 Å². The highest BCUT2D eigenvalue weighted by molar-refractivity contribution is 7.19. The van der Waals surface area contributed by atoms with Crippen molar-refractivity contribution in [1.29, 1.82) is 0 Å². The van der Waals surface area contributed by atoms with Crippen LogP contribution in [0.1, 0.15) is 53.2 Å². The maximum Gasteiger partial charge on any atom is 0.293 e. The highest BCUT2D eigenvalue weighted by atomic mass is 32.1. The Kier molecular flexibility index (Phi) is 3.29. The average molecular weight is 341 g/mol. The fourth-order valence-electron chi connectivity index (χ4n) is 3.88. The van der Waals surface area contributed by atoms with Crippen LogP contribution in [0.3, 0.4) is 0 Å². The van der Waals surface area contributed by atoms with Crippen LogP contribution in [0, 0.1) is 0 Å². The van der Waals surface area contributed by atoms with Gasteiger partial charge in [-0.3, -0.25) is 4.79 Å². The van der Waals surface area contributed by atoms with Gasteiger partial charge in [-0.2, -0.15) is 0 Å². The van der Waals surface area contributed by atoms with Gasteiger partial charge in [0.25, 0.3) is 5.91 Å². The number of amides is 1. The van der Waals surface area contributed by atoms with Crippen LogP contribution in [0.4, 0.5) is 0 Å². The molecule has 0 spiro atoms. The van der Waals surface area contributed by atoms with E-state index in [-0.39, 0.29) is 5.91 Å². The minimum absolute atomic E-state index is 0.0457. The Balaban J connectivity index is 1.63. The second kappa shape index (κ2) is 5.51. The average Bonchev–Trinajstić information content (AvgIpc) is 3.22. The predicted molar refractivity (Wildman–Crippen MR) is 92.6 cm³/mol. The molecule has 1 amide bonds. The molecule has 1 aliphatic carbocycles. The Hall–Kier alpha value is -2.02. The molecule has 0 N–H and O–H groups in total. The third-order valence-electron chi connectivity index (χ3n) is 5.13. The van der Waals surface area contributed by atoms with E-state index >= 15 is 0 Å². The first kappa shape index (κ1) is 14.3. The second-order valence-corrected chi connectivity index (χ2v) is 7.78. The monoisotopic (exact) mass is 341 g/mol. The van der Waals surface area contributed by atoms with E-state index in [1.165, 1.54) is 29.7 Å². The molecular formula is C17H19N5OS. The summed E-state index contributed by atoms with van der Waals surface area (Å²) in [4.78, 5) is 26.2. The van der Waals surface area contributed by atoms with Gasteiger partial charge in [-0.15, -0.1) is 16.4 Å². The minimum Gasteiger partial charge on any atom is -0.336 e. The van der Waals surface area contributed by atoms with Gasteiger partial charge in [0, 0.05) is 18.0 Å². The van der Waals surface area contributed by atoms with Crippen LogP contribution in [-0.4, -0.2) is 43.5 Å². The third kappa shape index (κ3) is 2.14. The van der Waals surface area contributed by atoms with Gasteiger partial charge in [-0.1, -0.05) is 0 Å². The number of rotatable bonds is 1. The molecule has 124 valence electrons. The fraction of sp³-hybridized carbons (Fsp3) is 0.529. The van der Waals surface area contributed by atoms with Crippen molar-refractivity contribution < 1.29 is 4.79 Å². The number of thiophene rings is 1. The first-order valence-electron chi connectivity index (χ1n) is 8.76. The minimum atomic E-state index is -0.0457. The molecule has 6 nitrogen and oxygen atoms in total. The first-order valence-corrected chi connectivity index (χ1v) is 9.58. The van der Waals surface area contributed by atoms with Crippen LogP contribution in [0.5, 0.6) is 0 Å². The number of aryl methyl sites for hydroxylation is 2. The summed E-state index contributed by atoms with van der Waals surface area (Å²) in [5.41, 5.74) is 2.17. The number of nitrogens with zero attached hydrogens (tertiary/aromatic N) is 5. The Morgan fingerprint density at radius 1 is 1.08 bits per heavy atom. The molecule has 0 unspecified atom stereocenters. The first-order chi connectivity index (χ1) is 11.8. The summed E-state index contributed by atoms with van der Waals surface area (Å²) in [7, 11) is 0. The summed E-state index contributed by atoms with van der Waals surface area (Å²) < 4.78 is 1.68. The Morgan fingerprint density at radius 3 is 2.79 bits per heavy atom. The standard InChI is InChI=1S/C17H19N5OS/c23-17(21-8-4-1-5-9-21)14-19-15-13-11-6-2-3-7-12(11)24-16(13)18-10-22(15)20-14/h10H,1-9H2. The van der Waals surface area contributed by atoms with Crippen molar-refractivity contribution in [3.63, 3.8) is 0 Å². The summed E-state index contributed by atoms with van der Waals surface area (Å²) >= 11 is 1.77. The molecule has 1 aliphatic heterocycles. The van der Waals surface area contributed by atoms with E-state index in [0.717, 1.165) is 54.6 Å². The van der Waals surface area contributed by atoms with Gasteiger partial charge in [-0.25, -0.2) is 14.5 Å². The van der Waals surface area contributed by atoms with Gasteiger partial charge in [0.15, 0.2) is 5.65 Å². The molecule has 0 saturated carbocycles. The van der Waals surface area contributed by atoms with Gasteiger partial charge >= 0.3 is 0 Å². The SMILES string of the molecule is O=C(c1nc2c3c4c(sc3ncn2n1)CCCC4)N1CCCCC1. The van der Waals surface area contributed by atoms with Gasteiger partial charge in [0.2, 0.25) is 5.82 Å². The van der Waals surface area contributed by atoms with Crippen LogP contribution in [-0.2, 0) is 12.8 Å². The highest BCUT2D eigenvalue weighted by Gasteiger charge is 2.25. The largest absolute Gasteiger partial charge is 0.336 e. The zero-order valence-corrected chi connectivity index (χ0v) is 14.3. The molecule has 0 aromatic carbocycles. The molecule has 0 atom stereocenters. The van der Waals surface area contributed by atoms with Gasteiger partial charge in [0.1, 0.15) is 11.2 Å². The van der Waals surface area contributed by atoms with Crippen LogP contribution >= 0.6 is 11.3 Å². The van der Waals surface area contributed by atoms with Crippen LogP contribution < -0.4 is 0 Å². The summed E-state index contributed by atoms with van der Waals surface area (Å²) in [6.45, 7) is 1.63. The topological polar surface area (TPSA) is 63.4 Å². The summed E-state index contributed by atoms with van der Waals surface area (Å²) in [6, 6.07) is 0. The number of aromatic nitrogens is 4. The van der Waals surface area contributed by atoms with Crippen LogP contribution in [0.25, 0.3) is 15.9 Å². The fourth-order valence-corrected chi connectivity index (χ4v) is 5.11. The van der Waals surface area contributed by atoms with E-state index < -0.39 is 0 Å². The molecule has 5 rings (SSSR count). The maximum atomic E-state index is 12.7. The van der Waals surface area contributed by atoms with Crippen molar-refractivity contribution >= 4 is 33.1 Å². The van der Waals surface area contributed by atoms with E-state index in [1.807, 2.05) is 4.90 Å². The Labute approximate surface area is 143 Å². The van der Waals surface area contributed by atoms with Crippen molar-refractivity contribution in [3.8, 4) is 0 Å². The van der Waals surface area contributed by atoms with E-state index in [4.69, 9.17) is 0 Å². The lowest BCUT2D eigenvalue weighted by molar-refractivity contribution is 0.0712. The lowest BCUT2D eigenvalue weighted by atomic mass is 9.97.